The van der Waals surface area contributed by atoms with Crippen LogP contribution in [-0.2, 0) is 14.3 Å². The monoisotopic (exact) mass is 241 g/mol. The molecular formula is C12H19NO4. The van der Waals surface area contributed by atoms with Crippen LogP contribution in [0.2, 0.25) is 0 Å². The second-order valence-electron chi connectivity index (χ2n) is 5.29. The quantitative estimate of drug-likeness (QED) is 0.765. The largest absolute Gasteiger partial charge is 0.481 e. The standard InChI is InChI=1S/C12H19NO4/c1-12(4-6-17-7-5-12)13-10(14)8-2-3-9(8)11(15)16/h8-9H,2-7H2,1H3,(H,13,14)(H,15,16). The van der Waals surface area contributed by atoms with Gasteiger partial charge in [-0.05, 0) is 32.6 Å². The molecule has 17 heavy (non-hydrogen) atoms. The summed E-state index contributed by atoms with van der Waals surface area (Å²) in [7, 11) is 0. The Morgan fingerprint density at radius 2 is 1.82 bits per heavy atom. The first-order valence-corrected chi connectivity index (χ1v) is 6.14. The van der Waals surface area contributed by atoms with E-state index in [-0.39, 0.29) is 17.4 Å². The molecule has 0 spiro atoms. The number of carbonyl (C=O) groups is 2. The predicted molar refractivity (Wildman–Crippen MR) is 60.5 cm³/mol. The molecule has 0 aromatic carbocycles. The molecule has 1 saturated heterocycles. The van der Waals surface area contributed by atoms with Crippen LogP contribution in [0, 0.1) is 11.8 Å². The van der Waals surface area contributed by atoms with Crippen molar-refractivity contribution in [1.29, 1.82) is 0 Å². The van der Waals surface area contributed by atoms with Gasteiger partial charge in [-0.25, -0.2) is 0 Å². The molecule has 5 nitrogen and oxygen atoms in total. The molecular weight excluding hydrogens is 222 g/mol. The number of rotatable bonds is 3. The summed E-state index contributed by atoms with van der Waals surface area (Å²) in [5, 5.41) is 11.9. The van der Waals surface area contributed by atoms with Crippen molar-refractivity contribution in [3.8, 4) is 0 Å². The van der Waals surface area contributed by atoms with E-state index in [0.29, 0.717) is 26.1 Å². The van der Waals surface area contributed by atoms with Gasteiger partial charge in [-0.2, -0.15) is 0 Å². The normalized spacial score (nSPS) is 31.4. The second kappa shape index (κ2) is 4.64. The van der Waals surface area contributed by atoms with Crippen molar-refractivity contribution in [2.45, 2.75) is 38.1 Å². The van der Waals surface area contributed by atoms with Gasteiger partial charge in [-0.3, -0.25) is 9.59 Å². The number of amides is 1. The molecule has 5 heteroatoms. The zero-order valence-corrected chi connectivity index (χ0v) is 10.1. The number of carboxylic acids is 1. The summed E-state index contributed by atoms with van der Waals surface area (Å²) in [6.07, 6.45) is 2.90. The lowest BCUT2D eigenvalue weighted by Gasteiger charge is -2.39. The van der Waals surface area contributed by atoms with E-state index < -0.39 is 11.9 Å². The molecule has 2 unspecified atom stereocenters. The van der Waals surface area contributed by atoms with Crippen molar-refractivity contribution in [2.75, 3.05) is 13.2 Å². The molecule has 0 radical (unpaired) electrons. The number of carbonyl (C=O) groups excluding carboxylic acids is 1. The summed E-state index contributed by atoms with van der Waals surface area (Å²) in [6, 6.07) is 0. The zero-order chi connectivity index (χ0) is 12.5. The third-order valence-electron chi connectivity index (χ3n) is 3.95. The van der Waals surface area contributed by atoms with E-state index in [4.69, 9.17) is 9.84 Å². The zero-order valence-electron chi connectivity index (χ0n) is 10.1. The topological polar surface area (TPSA) is 75.6 Å². The van der Waals surface area contributed by atoms with E-state index in [1.165, 1.54) is 0 Å². The van der Waals surface area contributed by atoms with Crippen LogP contribution in [0.4, 0.5) is 0 Å². The fourth-order valence-electron chi connectivity index (χ4n) is 2.45. The lowest BCUT2D eigenvalue weighted by molar-refractivity contribution is -0.153. The van der Waals surface area contributed by atoms with Crippen molar-refractivity contribution in [1.82, 2.24) is 5.32 Å². The second-order valence-corrected chi connectivity index (χ2v) is 5.29. The first-order chi connectivity index (χ1) is 8.02. The summed E-state index contributed by atoms with van der Waals surface area (Å²) in [5.74, 6) is -1.79. The van der Waals surface area contributed by atoms with Crippen molar-refractivity contribution in [3.63, 3.8) is 0 Å². The van der Waals surface area contributed by atoms with E-state index in [1.54, 1.807) is 0 Å². The fourth-order valence-corrected chi connectivity index (χ4v) is 2.45. The van der Waals surface area contributed by atoms with Gasteiger partial charge in [0.2, 0.25) is 5.91 Å². The van der Waals surface area contributed by atoms with Crippen LogP contribution in [0.3, 0.4) is 0 Å². The van der Waals surface area contributed by atoms with E-state index in [2.05, 4.69) is 5.32 Å². The van der Waals surface area contributed by atoms with Gasteiger partial charge in [0.05, 0.1) is 11.8 Å². The average Bonchev–Trinajstić information content (AvgIpc) is 2.14. The summed E-state index contributed by atoms with van der Waals surface area (Å²) < 4.78 is 5.26. The number of aliphatic carboxylic acids is 1. The molecule has 1 aliphatic heterocycles. The number of carboxylic acid groups (broad SMARTS) is 1. The first kappa shape index (κ1) is 12.4. The Morgan fingerprint density at radius 1 is 1.24 bits per heavy atom. The maximum Gasteiger partial charge on any atom is 0.307 e. The van der Waals surface area contributed by atoms with Crippen LogP contribution in [0.1, 0.15) is 32.6 Å². The Morgan fingerprint density at radius 3 is 2.29 bits per heavy atom. The molecule has 1 saturated carbocycles. The van der Waals surface area contributed by atoms with Crippen LogP contribution < -0.4 is 5.32 Å². The average molecular weight is 241 g/mol. The highest BCUT2D eigenvalue weighted by Crippen LogP contribution is 2.35. The van der Waals surface area contributed by atoms with Crippen molar-refractivity contribution in [3.05, 3.63) is 0 Å². The van der Waals surface area contributed by atoms with E-state index >= 15 is 0 Å². The maximum atomic E-state index is 12.0. The van der Waals surface area contributed by atoms with E-state index in [9.17, 15) is 9.59 Å². The SMILES string of the molecule is CC1(NC(=O)C2CCC2C(=O)O)CCOCC1. The minimum absolute atomic E-state index is 0.104. The molecule has 2 aliphatic rings. The van der Waals surface area contributed by atoms with Gasteiger partial charge in [0.1, 0.15) is 0 Å². The molecule has 1 aliphatic carbocycles. The summed E-state index contributed by atoms with van der Waals surface area (Å²) in [4.78, 5) is 22.9. The van der Waals surface area contributed by atoms with Crippen LogP contribution >= 0.6 is 0 Å². The minimum Gasteiger partial charge on any atom is -0.481 e. The van der Waals surface area contributed by atoms with Gasteiger partial charge < -0.3 is 15.2 Å². The number of hydrogen-bond acceptors (Lipinski definition) is 3. The molecule has 0 bridgehead atoms. The van der Waals surface area contributed by atoms with Crippen LogP contribution in [0.15, 0.2) is 0 Å². The smallest absolute Gasteiger partial charge is 0.307 e. The van der Waals surface area contributed by atoms with Crippen LogP contribution in [0.25, 0.3) is 0 Å². The molecule has 2 rings (SSSR count). The Kier molecular flexibility index (Phi) is 3.38. The Balaban J connectivity index is 1.90. The van der Waals surface area contributed by atoms with Gasteiger partial charge in [-0.1, -0.05) is 0 Å². The molecule has 2 fully saturated rings. The van der Waals surface area contributed by atoms with Gasteiger partial charge in [-0.15, -0.1) is 0 Å². The van der Waals surface area contributed by atoms with Crippen molar-refractivity contribution >= 4 is 11.9 Å². The van der Waals surface area contributed by atoms with Gasteiger partial charge in [0.25, 0.3) is 0 Å². The molecule has 1 amide bonds. The van der Waals surface area contributed by atoms with Crippen molar-refractivity contribution < 1.29 is 19.4 Å². The Bertz CT molecular complexity index is 322. The lowest BCUT2D eigenvalue weighted by atomic mass is 9.72. The molecule has 2 N–H and O–H groups in total. The Hall–Kier alpha value is -1.10. The molecule has 96 valence electrons. The lowest BCUT2D eigenvalue weighted by Crippen LogP contribution is -2.54. The predicted octanol–water partition coefficient (Wildman–Crippen LogP) is 0.782. The third-order valence-corrected chi connectivity index (χ3v) is 3.95. The maximum absolute atomic E-state index is 12.0. The summed E-state index contributed by atoms with van der Waals surface area (Å²) in [6.45, 7) is 3.31. The molecule has 0 aromatic rings. The van der Waals surface area contributed by atoms with E-state index in [1.807, 2.05) is 6.92 Å². The number of ether oxygens (including phenoxy) is 1. The fraction of sp³-hybridized carbons (Fsp3) is 0.833. The Labute approximate surface area is 101 Å². The number of nitrogens with one attached hydrogen (secondary N) is 1. The van der Waals surface area contributed by atoms with Crippen LogP contribution in [0.5, 0.6) is 0 Å². The van der Waals surface area contributed by atoms with Gasteiger partial charge >= 0.3 is 5.97 Å². The number of hydrogen-bond donors (Lipinski definition) is 2. The highest BCUT2D eigenvalue weighted by molar-refractivity contribution is 5.86. The summed E-state index contributed by atoms with van der Waals surface area (Å²) >= 11 is 0. The van der Waals surface area contributed by atoms with E-state index in [0.717, 1.165) is 12.8 Å². The van der Waals surface area contributed by atoms with Gasteiger partial charge in [0, 0.05) is 18.8 Å². The van der Waals surface area contributed by atoms with Gasteiger partial charge in [0.15, 0.2) is 0 Å². The van der Waals surface area contributed by atoms with Crippen LogP contribution in [-0.4, -0.2) is 35.7 Å². The van der Waals surface area contributed by atoms with Crippen molar-refractivity contribution in [2.24, 2.45) is 11.8 Å². The highest BCUT2D eigenvalue weighted by atomic mass is 16.5. The summed E-state index contributed by atoms with van der Waals surface area (Å²) in [5.41, 5.74) is -0.228. The molecule has 2 atom stereocenters. The highest BCUT2D eigenvalue weighted by Gasteiger charge is 2.43. The third kappa shape index (κ3) is 2.60. The molecule has 0 aromatic heterocycles. The first-order valence-electron chi connectivity index (χ1n) is 6.14. The minimum atomic E-state index is -0.853. The molecule has 1 heterocycles.